The van der Waals surface area contributed by atoms with Crippen molar-refractivity contribution in [3.05, 3.63) is 85.7 Å². The zero-order valence-electron chi connectivity index (χ0n) is 11.9. The molecule has 0 aromatic heterocycles. The second-order valence-corrected chi connectivity index (χ2v) is 3.89. The average Bonchev–Trinajstić information content (AvgIpc) is 2.54. The van der Waals surface area contributed by atoms with Crippen molar-refractivity contribution in [2.75, 3.05) is 0 Å². The molecule has 4 heteroatoms. The van der Waals surface area contributed by atoms with Gasteiger partial charge in [0.1, 0.15) is 0 Å². The van der Waals surface area contributed by atoms with Crippen LogP contribution in [0, 0.1) is 27.9 Å². The molecule has 0 aliphatic heterocycles. The van der Waals surface area contributed by atoms with Crippen molar-refractivity contribution in [3.8, 4) is 0 Å². The van der Waals surface area contributed by atoms with E-state index in [-0.39, 0.29) is 76.8 Å². The Morgan fingerprint density at radius 1 is 1.05 bits per heavy atom. The van der Waals surface area contributed by atoms with Gasteiger partial charge in [0, 0.05) is 11.0 Å². The van der Waals surface area contributed by atoms with E-state index < -0.39 is 0 Å². The van der Waals surface area contributed by atoms with Gasteiger partial charge in [-0.25, -0.2) is 0 Å². The SMILES string of the molecule is Cc1ccc2c(c1)[C-]=C1C=CC=CC12.[CH3-].[CH3-].[Cl-].[Cl-].[Si].[Zr+2]. The molecule has 0 spiro atoms. The minimum atomic E-state index is 0. The minimum absolute atomic E-state index is 0. The first-order valence-electron chi connectivity index (χ1n) is 4.94. The Bertz CT molecular complexity index is 493. The van der Waals surface area contributed by atoms with Crippen LogP contribution < -0.4 is 24.8 Å². The van der Waals surface area contributed by atoms with Gasteiger partial charge in [0.2, 0.25) is 0 Å². The summed E-state index contributed by atoms with van der Waals surface area (Å²) < 4.78 is 0. The molecule has 0 saturated heterocycles. The van der Waals surface area contributed by atoms with Crippen LogP contribution in [-0.2, 0) is 26.2 Å². The van der Waals surface area contributed by atoms with Crippen LogP contribution in [0.15, 0.2) is 48.1 Å². The Balaban J connectivity index is -0.000000213. The molecule has 1 aromatic rings. The predicted octanol–water partition coefficient (Wildman–Crippen LogP) is -2.18. The summed E-state index contributed by atoms with van der Waals surface area (Å²) >= 11 is 0. The van der Waals surface area contributed by atoms with Crippen molar-refractivity contribution in [2.45, 2.75) is 12.8 Å². The summed E-state index contributed by atoms with van der Waals surface area (Å²) in [4.78, 5) is 0. The molecular weight excluding hydrogens is 382 g/mol. The van der Waals surface area contributed by atoms with E-state index >= 15 is 0 Å². The second kappa shape index (κ2) is 11.7. The van der Waals surface area contributed by atoms with E-state index in [1.165, 1.54) is 22.3 Å². The monoisotopic (exact) mass is 397 g/mol. The molecule has 4 radical (unpaired) electrons. The van der Waals surface area contributed by atoms with Crippen LogP contribution in [0.1, 0.15) is 22.6 Å². The molecule has 1 unspecified atom stereocenters. The number of fused-ring (bicyclic) bond motifs is 3. The number of benzene rings is 1. The van der Waals surface area contributed by atoms with Gasteiger partial charge >= 0.3 is 26.2 Å². The Kier molecular flexibility index (Phi) is 16.6. The number of hydrogen-bond acceptors (Lipinski definition) is 0. The third-order valence-corrected chi connectivity index (χ3v) is 2.85. The molecule has 0 heterocycles. The maximum atomic E-state index is 3.46. The fourth-order valence-corrected chi connectivity index (χ4v) is 2.14. The Hall–Kier alpha value is 0.120. The zero-order valence-corrected chi connectivity index (χ0v) is 16.8. The molecule has 0 nitrogen and oxygen atoms in total. The first-order chi connectivity index (χ1) is 6.84. The van der Waals surface area contributed by atoms with E-state index in [1.807, 2.05) is 0 Å². The van der Waals surface area contributed by atoms with E-state index in [2.05, 4.69) is 55.5 Å². The molecule has 1 aromatic carbocycles. The molecule has 1 atom stereocenters. The number of hydrogen-bond donors (Lipinski definition) is 0. The van der Waals surface area contributed by atoms with Gasteiger partial charge < -0.3 is 39.7 Å². The van der Waals surface area contributed by atoms with Gasteiger partial charge in [-0.15, -0.1) is 47.1 Å². The second-order valence-electron chi connectivity index (χ2n) is 3.89. The molecule has 2 aliphatic rings. The third kappa shape index (κ3) is 5.15. The molecular formula is C16H17Cl2SiZr-3. The first kappa shape index (κ1) is 28.3. The maximum Gasteiger partial charge on any atom is 2.00 e. The van der Waals surface area contributed by atoms with Gasteiger partial charge in [0.15, 0.2) is 0 Å². The topological polar surface area (TPSA) is 0 Å². The summed E-state index contributed by atoms with van der Waals surface area (Å²) in [6.45, 7) is 2.13. The number of aryl methyl sites for hydroxylation is 1. The van der Waals surface area contributed by atoms with Crippen LogP contribution in [0.5, 0.6) is 0 Å². The van der Waals surface area contributed by atoms with Crippen molar-refractivity contribution < 1.29 is 51.0 Å². The number of halogens is 2. The summed E-state index contributed by atoms with van der Waals surface area (Å²) in [5.74, 6) is 0.454. The van der Waals surface area contributed by atoms with Crippen LogP contribution in [0.25, 0.3) is 0 Å². The molecule has 3 rings (SSSR count). The Morgan fingerprint density at radius 3 is 2.35 bits per heavy atom. The Morgan fingerprint density at radius 2 is 1.70 bits per heavy atom. The van der Waals surface area contributed by atoms with Crippen LogP contribution in [0.2, 0.25) is 0 Å². The van der Waals surface area contributed by atoms with E-state index in [4.69, 9.17) is 0 Å². The van der Waals surface area contributed by atoms with Gasteiger partial charge in [-0.05, 0) is 12.8 Å². The fraction of sp³-hybridized carbons (Fsp3) is 0.125. The van der Waals surface area contributed by atoms with E-state index in [0.717, 1.165) is 0 Å². The average molecular weight is 400 g/mol. The van der Waals surface area contributed by atoms with Crippen LogP contribution >= 0.6 is 0 Å². The summed E-state index contributed by atoms with van der Waals surface area (Å²) in [5.41, 5.74) is 5.27. The van der Waals surface area contributed by atoms with E-state index in [1.54, 1.807) is 0 Å². The summed E-state index contributed by atoms with van der Waals surface area (Å²) in [6.07, 6.45) is 12.0. The molecule has 0 fully saturated rings. The third-order valence-electron chi connectivity index (χ3n) is 2.85. The van der Waals surface area contributed by atoms with Crippen molar-refractivity contribution in [1.82, 2.24) is 0 Å². The summed E-state index contributed by atoms with van der Waals surface area (Å²) in [7, 11) is 0. The molecule has 0 amide bonds. The number of allylic oxidation sites excluding steroid dienone is 5. The quantitative estimate of drug-likeness (QED) is 0.344. The van der Waals surface area contributed by atoms with Gasteiger partial charge in [-0.1, -0.05) is 23.8 Å². The standard InChI is InChI=1S/C14H11.2CH3.2ClH.Si.Zr/c1-10-6-7-14-12(8-10)9-11-4-2-3-5-13(11)14;;;;;;/h2-8,13H,1H3;2*1H3;2*1H;;/q3*-1;;;;+2/p-2. The summed E-state index contributed by atoms with van der Waals surface area (Å²) in [5, 5.41) is 0. The van der Waals surface area contributed by atoms with Gasteiger partial charge in [-0.3, -0.25) is 0 Å². The smallest absolute Gasteiger partial charge is 1.00 e. The largest absolute Gasteiger partial charge is 2.00 e. The molecule has 0 N–H and O–H groups in total. The van der Waals surface area contributed by atoms with Gasteiger partial charge in [0.25, 0.3) is 0 Å². The molecule has 20 heavy (non-hydrogen) atoms. The van der Waals surface area contributed by atoms with Crippen molar-refractivity contribution in [1.29, 1.82) is 0 Å². The van der Waals surface area contributed by atoms with Gasteiger partial charge in [0.05, 0.1) is 0 Å². The molecule has 2 aliphatic carbocycles. The predicted molar refractivity (Wildman–Crippen MR) is 76.6 cm³/mol. The van der Waals surface area contributed by atoms with E-state index in [0.29, 0.717) is 5.92 Å². The molecule has 0 bridgehead atoms. The first-order valence-corrected chi connectivity index (χ1v) is 4.94. The van der Waals surface area contributed by atoms with Crippen molar-refractivity contribution in [3.63, 3.8) is 0 Å². The van der Waals surface area contributed by atoms with Crippen LogP contribution in [0.3, 0.4) is 0 Å². The van der Waals surface area contributed by atoms with Crippen LogP contribution in [0.4, 0.5) is 0 Å². The zero-order chi connectivity index (χ0) is 9.54. The maximum absolute atomic E-state index is 3.46. The van der Waals surface area contributed by atoms with Gasteiger partial charge in [-0.2, -0.15) is 0 Å². The van der Waals surface area contributed by atoms with Crippen LogP contribution in [-0.4, -0.2) is 11.0 Å². The van der Waals surface area contributed by atoms with Crippen molar-refractivity contribution in [2.24, 2.45) is 0 Å². The molecule has 0 saturated carbocycles. The van der Waals surface area contributed by atoms with E-state index in [9.17, 15) is 0 Å². The Labute approximate surface area is 159 Å². The fourth-order valence-electron chi connectivity index (χ4n) is 2.14. The normalized spacial score (nSPS) is 15.2. The summed E-state index contributed by atoms with van der Waals surface area (Å²) in [6, 6.07) is 6.61. The van der Waals surface area contributed by atoms with Crippen molar-refractivity contribution >= 4 is 11.0 Å². The number of rotatable bonds is 0. The molecule has 106 valence electrons. The minimum Gasteiger partial charge on any atom is -1.00 e.